The Balaban J connectivity index is 2.05. The number of aromatic amines is 1. The third-order valence-corrected chi connectivity index (χ3v) is 2.68. The van der Waals surface area contributed by atoms with E-state index in [1.165, 1.54) is 0 Å². The van der Waals surface area contributed by atoms with E-state index in [0.717, 1.165) is 10.9 Å². The van der Waals surface area contributed by atoms with Gasteiger partial charge in [-0.1, -0.05) is 24.3 Å². The van der Waals surface area contributed by atoms with Crippen molar-refractivity contribution in [3.05, 3.63) is 42.0 Å². The lowest BCUT2D eigenvalue weighted by atomic mass is 10.2. The van der Waals surface area contributed by atoms with Crippen molar-refractivity contribution in [2.45, 2.75) is 0 Å². The molecule has 3 rings (SSSR count). The number of hydrogen-bond donors (Lipinski definition) is 2. The number of H-pyrrole nitrogens is 1. The summed E-state index contributed by atoms with van der Waals surface area (Å²) in [4.78, 5) is 11.3. The maximum Gasteiger partial charge on any atom is 0.198 e. The van der Waals surface area contributed by atoms with E-state index in [9.17, 15) is 5.11 Å². The fraction of sp³-hybridized carbons (Fsp3) is 0.0769. The number of nitrogens with zero attached hydrogens (tertiary/aromatic N) is 2. The number of para-hydroxylation sites is 1. The van der Waals surface area contributed by atoms with Gasteiger partial charge in [0.1, 0.15) is 5.84 Å². The molecule has 17 heavy (non-hydrogen) atoms. The van der Waals surface area contributed by atoms with E-state index in [1.54, 1.807) is 6.21 Å². The predicted octanol–water partition coefficient (Wildman–Crippen LogP) is 2.26. The maximum absolute atomic E-state index is 9.80. The van der Waals surface area contributed by atoms with E-state index < -0.39 is 0 Å². The van der Waals surface area contributed by atoms with Crippen LogP contribution in [-0.2, 0) is 0 Å². The minimum atomic E-state index is 0.137. The largest absolute Gasteiger partial charge is 0.494 e. The highest BCUT2D eigenvalue weighted by atomic mass is 16.3. The van der Waals surface area contributed by atoms with Gasteiger partial charge in [0, 0.05) is 17.1 Å². The van der Waals surface area contributed by atoms with Crippen LogP contribution in [0.25, 0.3) is 10.9 Å². The van der Waals surface area contributed by atoms with Crippen molar-refractivity contribution < 1.29 is 5.11 Å². The molecule has 0 spiro atoms. The minimum Gasteiger partial charge on any atom is -0.494 e. The standard InChI is InChI=1S/C13H11N3O/c17-13-10(8-15-12-6-3-7-14-12)9-4-1-2-5-11(9)16-13/h1-6,8,16-17H,7H2. The smallest absolute Gasteiger partial charge is 0.198 e. The van der Waals surface area contributed by atoms with Crippen LogP contribution in [0.5, 0.6) is 5.88 Å². The molecule has 4 nitrogen and oxygen atoms in total. The van der Waals surface area contributed by atoms with Crippen molar-refractivity contribution in [1.82, 2.24) is 4.98 Å². The molecule has 0 saturated carbocycles. The normalized spacial score (nSPS) is 14.9. The predicted molar refractivity (Wildman–Crippen MR) is 69.0 cm³/mol. The molecule has 1 aliphatic heterocycles. The quantitative estimate of drug-likeness (QED) is 0.718. The Morgan fingerprint density at radius 1 is 1.35 bits per heavy atom. The van der Waals surface area contributed by atoms with Crippen molar-refractivity contribution >= 4 is 23.0 Å². The Labute approximate surface area is 98.0 Å². The molecule has 1 aliphatic rings. The van der Waals surface area contributed by atoms with Gasteiger partial charge in [-0.15, -0.1) is 0 Å². The van der Waals surface area contributed by atoms with Crippen LogP contribution in [0.2, 0.25) is 0 Å². The molecule has 2 aromatic rings. The third kappa shape index (κ3) is 1.73. The number of fused-ring (bicyclic) bond motifs is 1. The number of hydrogen-bond acceptors (Lipinski definition) is 3. The highest BCUT2D eigenvalue weighted by Gasteiger charge is 2.07. The van der Waals surface area contributed by atoms with Crippen LogP contribution in [0.4, 0.5) is 0 Å². The second-order valence-corrected chi connectivity index (χ2v) is 3.79. The summed E-state index contributed by atoms with van der Waals surface area (Å²) < 4.78 is 0. The number of aliphatic imine (C=N–C) groups is 2. The first kappa shape index (κ1) is 9.84. The molecule has 0 aliphatic carbocycles. The van der Waals surface area contributed by atoms with Crippen molar-refractivity contribution in [1.29, 1.82) is 0 Å². The third-order valence-electron chi connectivity index (χ3n) is 2.68. The fourth-order valence-electron chi connectivity index (χ4n) is 1.85. The van der Waals surface area contributed by atoms with Crippen LogP contribution in [0.3, 0.4) is 0 Å². The van der Waals surface area contributed by atoms with Crippen molar-refractivity contribution in [2.75, 3.05) is 6.54 Å². The Hall–Kier alpha value is -2.36. The Morgan fingerprint density at radius 2 is 2.24 bits per heavy atom. The number of nitrogens with one attached hydrogen (secondary N) is 1. The monoisotopic (exact) mass is 225 g/mol. The summed E-state index contributed by atoms with van der Waals surface area (Å²) in [5.41, 5.74) is 1.60. The van der Waals surface area contributed by atoms with E-state index in [4.69, 9.17) is 0 Å². The molecule has 1 aromatic carbocycles. The summed E-state index contributed by atoms with van der Waals surface area (Å²) in [6.45, 7) is 0.687. The summed E-state index contributed by atoms with van der Waals surface area (Å²) in [6, 6.07) is 7.71. The number of amidine groups is 1. The summed E-state index contributed by atoms with van der Waals surface area (Å²) >= 11 is 0. The van der Waals surface area contributed by atoms with E-state index in [0.29, 0.717) is 17.9 Å². The highest BCUT2D eigenvalue weighted by Crippen LogP contribution is 2.25. The molecule has 0 amide bonds. The van der Waals surface area contributed by atoms with Gasteiger partial charge in [0.2, 0.25) is 0 Å². The fourth-order valence-corrected chi connectivity index (χ4v) is 1.85. The lowest BCUT2D eigenvalue weighted by Crippen LogP contribution is -1.87. The van der Waals surface area contributed by atoms with Gasteiger partial charge in [-0.25, -0.2) is 4.99 Å². The summed E-state index contributed by atoms with van der Waals surface area (Å²) in [7, 11) is 0. The number of rotatable bonds is 1. The average molecular weight is 225 g/mol. The Morgan fingerprint density at radius 3 is 3.06 bits per heavy atom. The number of aromatic nitrogens is 1. The average Bonchev–Trinajstić information content (AvgIpc) is 2.93. The maximum atomic E-state index is 9.80. The van der Waals surface area contributed by atoms with Gasteiger partial charge in [0.05, 0.1) is 12.1 Å². The minimum absolute atomic E-state index is 0.137. The van der Waals surface area contributed by atoms with Crippen molar-refractivity contribution in [3.63, 3.8) is 0 Å². The van der Waals surface area contributed by atoms with E-state index in [2.05, 4.69) is 15.0 Å². The highest BCUT2D eigenvalue weighted by molar-refractivity contribution is 6.08. The summed E-state index contributed by atoms with van der Waals surface area (Å²) in [5.74, 6) is 0.826. The molecule has 0 bridgehead atoms. The van der Waals surface area contributed by atoms with Crippen LogP contribution in [0, 0.1) is 0 Å². The van der Waals surface area contributed by atoms with Crippen molar-refractivity contribution in [2.24, 2.45) is 9.98 Å². The molecule has 1 aromatic heterocycles. The van der Waals surface area contributed by atoms with Crippen LogP contribution in [-0.4, -0.2) is 28.7 Å². The topological polar surface area (TPSA) is 60.7 Å². The summed E-state index contributed by atoms with van der Waals surface area (Å²) in [6.07, 6.45) is 5.45. The lowest BCUT2D eigenvalue weighted by Gasteiger charge is -1.91. The Bertz CT molecular complexity index is 650. The van der Waals surface area contributed by atoms with Gasteiger partial charge < -0.3 is 10.1 Å². The molecule has 0 fully saturated rings. The van der Waals surface area contributed by atoms with Crippen molar-refractivity contribution in [3.8, 4) is 5.88 Å². The molecule has 0 atom stereocenters. The second kappa shape index (κ2) is 3.90. The van der Waals surface area contributed by atoms with Crippen LogP contribution in [0.15, 0.2) is 46.4 Å². The molecule has 0 radical (unpaired) electrons. The van der Waals surface area contributed by atoms with Crippen LogP contribution < -0.4 is 0 Å². The molecule has 84 valence electrons. The van der Waals surface area contributed by atoms with Gasteiger partial charge in [-0.05, 0) is 12.1 Å². The zero-order chi connectivity index (χ0) is 11.7. The van der Waals surface area contributed by atoms with E-state index >= 15 is 0 Å². The SMILES string of the molecule is Oc1[nH]c2ccccc2c1C=NC1=NCC=C1. The molecule has 0 unspecified atom stereocenters. The first-order chi connectivity index (χ1) is 8.34. The zero-order valence-electron chi connectivity index (χ0n) is 9.09. The first-order valence-corrected chi connectivity index (χ1v) is 5.39. The number of benzene rings is 1. The van der Waals surface area contributed by atoms with Gasteiger partial charge in [-0.3, -0.25) is 4.99 Å². The molecule has 2 heterocycles. The number of aromatic hydroxyl groups is 1. The molecular formula is C13H11N3O. The van der Waals surface area contributed by atoms with Crippen LogP contribution >= 0.6 is 0 Å². The van der Waals surface area contributed by atoms with Gasteiger partial charge in [-0.2, -0.15) is 0 Å². The Kier molecular flexibility index (Phi) is 2.26. The van der Waals surface area contributed by atoms with E-state index in [1.807, 2.05) is 36.4 Å². The van der Waals surface area contributed by atoms with Gasteiger partial charge >= 0.3 is 0 Å². The molecular weight excluding hydrogens is 214 g/mol. The first-order valence-electron chi connectivity index (χ1n) is 5.39. The molecule has 0 saturated heterocycles. The van der Waals surface area contributed by atoms with Gasteiger partial charge in [0.25, 0.3) is 0 Å². The zero-order valence-corrected chi connectivity index (χ0v) is 9.09. The summed E-state index contributed by atoms with van der Waals surface area (Å²) in [5, 5.41) is 10.8. The van der Waals surface area contributed by atoms with Crippen LogP contribution in [0.1, 0.15) is 5.56 Å². The molecule has 4 heteroatoms. The van der Waals surface area contributed by atoms with Gasteiger partial charge in [0.15, 0.2) is 5.88 Å². The lowest BCUT2D eigenvalue weighted by molar-refractivity contribution is 0.457. The van der Waals surface area contributed by atoms with E-state index in [-0.39, 0.29) is 5.88 Å². The second-order valence-electron chi connectivity index (χ2n) is 3.79. The molecule has 2 N–H and O–H groups in total.